The summed E-state index contributed by atoms with van der Waals surface area (Å²) >= 11 is 0. The van der Waals surface area contributed by atoms with Crippen LogP contribution in [0.15, 0.2) is 18.7 Å². The van der Waals surface area contributed by atoms with E-state index in [1.807, 2.05) is 0 Å². The summed E-state index contributed by atoms with van der Waals surface area (Å²) in [4.78, 5) is 18.5. The van der Waals surface area contributed by atoms with Crippen molar-refractivity contribution >= 4 is 5.97 Å². The van der Waals surface area contributed by atoms with E-state index in [9.17, 15) is 4.79 Å². The Bertz CT molecular complexity index is 322. The molecular weight excluding hydrogens is 180 g/mol. The Labute approximate surface area is 82.0 Å². The van der Waals surface area contributed by atoms with E-state index in [0.29, 0.717) is 5.92 Å². The van der Waals surface area contributed by atoms with E-state index in [2.05, 4.69) is 9.97 Å². The molecule has 1 fully saturated rings. The third-order valence-corrected chi connectivity index (χ3v) is 2.59. The van der Waals surface area contributed by atoms with Crippen LogP contribution in [0.4, 0.5) is 0 Å². The van der Waals surface area contributed by atoms with Crippen molar-refractivity contribution in [1.82, 2.24) is 9.97 Å². The third kappa shape index (κ3) is 2.07. The van der Waals surface area contributed by atoms with Crippen molar-refractivity contribution in [2.75, 3.05) is 0 Å². The molecule has 2 rings (SSSR count). The second-order valence-electron chi connectivity index (χ2n) is 3.71. The summed E-state index contributed by atoms with van der Waals surface area (Å²) in [6.45, 7) is 0. The summed E-state index contributed by atoms with van der Waals surface area (Å²) in [6.07, 6.45) is 7.36. The fourth-order valence-corrected chi connectivity index (χ4v) is 1.75. The van der Waals surface area contributed by atoms with Crippen LogP contribution in [0.3, 0.4) is 0 Å². The molecule has 0 spiro atoms. The molecule has 4 heteroatoms. The lowest BCUT2D eigenvalue weighted by Crippen LogP contribution is -2.08. The molecule has 0 radical (unpaired) electrons. The molecule has 1 aliphatic carbocycles. The average Bonchev–Trinajstić information content (AvgIpc) is 2.99. The van der Waals surface area contributed by atoms with Crippen LogP contribution in [-0.4, -0.2) is 21.0 Å². The maximum Gasteiger partial charge on any atom is 0.303 e. The predicted molar refractivity (Wildman–Crippen MR) is 49.7 cm³/mol. The van der Waals surface area contributed by atoms with Gasteiger partial charge >= 0.3 is 5.97 Å². The first-order valence-corrected chi connectivity index (χ1v) is 4.74. The van der Waals surface area contributed by atoms with Gasteiger partial charge in [0.05, 0.1) is 6.42 Å². The minimum Gasteiger partial charge on any atom is -0.481 e. The number of carbonyl (C=O) groups is 1. The van der Waals surface area contributed by atoms with Crippen molar-refractivity contribution in [2.24, 2.45) is 5.92 Å². The lowest BCUT2D eigenvalue weighted by Gasteiger charge is -2.12. The van der Waals surface area contributed by atoms with Crippen molar-refractivity contribution in [1.29, 1.82) is 0 Å². The Hall–Kier alpha value is -1.45. The highest BCUT2D eigenvalue weighted by Crippen LogP contribution is 2.44. The Morgan fingerprint density at radius 3 is 2.64 bits per heavy atom. The van der Waals surface area contributed by atoms with Crippen molar-refractivity contribution in [3.63, 3.8) is 0 Å². The molecule has 1 unspecified atom stereocenters. The van der Waals surface area contributed by atoms with Gasteiger partial charge in [-0.3, -0.25) is 4.79 Å². The molecule has 4 nitrogen and oxygen atoms in total. The molecule has 0 bridgehead atoms. The molecular formula is C10H12N2O2. The summed E-state index contributed by atoms with van der Waals surface area (Å²) < 4.78 is 0. The summed E-state index contributed by atoms with van der Waals surface area (Å²) in [5.74, 6) is -0.114. The van der Waals surface area contributed by atoms with Gasteiger partial charge in [0.15, 0.2) is 0 Å². The lowest BCUT2D eigenvalue weighted by atomic mass is 9.93. The maximum absolute atomic E-state index is 10.7. The van der Waals surface area contributed by atoms with Gasteiger partial charge in [0, 0.05) is 18.3 Å². The van der Waals surface area contributed by atoms with Crippen molar-refractivity contribution in [2.45, 2.75) is 25.2 Å². The highest BCUT2D eigenvalue weighted by Gasteiger charge is 2.33. The van der Waals surface area contributed by atoms with Gasteiger partial charge < -0.3 is 5.11 Å². The van der Waals surface area contributed by atoms with E-state index >= 15 is 0 Å². The van der Waals surface area contributed by atoms with Crippen LogP contribution >= 0.6 is 0 Å². The number of aliphatic carboxylic acids is 1. The van der Waals surface area contributed by atoms with Gasteiger partial charge in [-0.25, -0.2) is 9.97 Å². The number of carboxylic acid groups (broad SMARTS) is 1. The molecule has 0 aromatic carbocycles. The fraction of sp³-hybridized carbons (Fsp3) is 0.500. The van der Waals surface area contributed by atoms with Crippen LogP contribution in [0.1, 0.15) is 30.7 Å². The smallest absolute Gasteiger partial charge is 0.303 e. The van der Waals surface area contributed by atoms with Gasteiger partial charge in [0.25, 0.3) is 0 Å². The molecule has 0 saturated heterocycles. The second kappa shape index (κ2) is 3.74. The molecule has 1 atom stereocenters. The van der Waals surface area contributed by atoms with E-state index in [-0.39, 0.29) is 12.3 Å². The van der Waals surface area contributed by atoms with Gasteiger partial charge in [-0.05, 0) is 24.3 Å². The first-order valence-electron chi connectivity index (χ1n) is 4.74. The quantitative estimate of drug-likeness (QED) is 0.784. The molecule has 1 N–H and O–H groups in total. The molecule has 14 heavy (non-hydrogen) atoms. The van der Waals surface area contributed by atoms with Gasteiger partial charge in [0.2, 0.25) is 0 Å². The molecule has 0 aliphatic heterocycles. The monoisotopic (exact) mass is 192 g/mol. The molecule has 0 amide bonds. The summed E-state index contributed by atoms with van der Waals surface area (Å²) in [5, 5.41) is 8.78. The first-order chi connectivity index (χ1) is 6.77. The number of aromatic nitrogens is 2. The molecule has 1 aromatic heterocycles. The summed E-state index contributed by atoms with van der Waals surface area (Å²) in [6, 6.07) is 0. The van der Waals surface area contributed by atoms with Crippen LogP contribution in [0, 0.1) is 5.92 Å². The normalized spacial score (nSPS) is 17.7. The Balaban J connectivity index is 2.14. The zero-order valence-corrected chi connectivity index (χ0v) is 7.76. The molecule has 1 saturated carbocycles. The van der Waals surface area contributed by atoms with Crippen LogP contribution in [0.5, 0.6) is 0 Å². The SMILES string of the molecule is O=C(O)CC(c1cncnc1)C1CC1. The summed E-state index contributed by atoms with van der Waals surface area (Å²) in [7, 11) is 0. The fourth-order valence-electron chi connectivity index (χ4n) is 1.75. The minimum atomic E-state index is -0.745. The zero-order chi connectivity index (χ0) is 9.97. The van der Waals surface area contributed by atoms with Crippen LogP contribution in [0.2, 0.25) is 0 Å². The van der Waals surface area contributed by atoms with Gasteiger partial charge in [0.1, 0.15) is 6.33 Å². The molecule has 74 valence electrons. The number of nitrogens with zero attached hydrogens (tertiary/aromatic N) is 2. The highest BCUT2D eigenvalue weighted by atomic mass is 16.4. The minimum absolute atomic E-state index is 0.105. The Kier molecular flexibility index (Phi) is 2.43. The van der Waals surface area contributed by atoms with Gasteiger partial charge in [-0.15, -0.1) is 0 Å². The number of rotatable bonds is 4. The van der Waals surface area contributed by atoms with Crippen LogP contribution in [0.25, 0.3) is 0 Å². The van der Waals surface area contributed by atoms with E-state index in [4.69, 9.17) is 5.11 Å². The van der Waals surface area contributed by atoms with Gasteiger partial charge in [-0.1, -0.05) is 0 Å². The third-order valence-electron chi connectivity index (χ3n) is 2.59. The van der Waals surface area contributed by atoms with Crippen molar-refractivity contribution in [3.8, 4) is 0 Å². The van der Waals surface area contributed by atoms with Crippen molar-refractivity contribution in [3.05, 3.63) is 24.3 Å². The molecule has 1 heterocycles. The first kappa shape index (κ1) is 9.12. The highest BCUT2D eigenvalue weighted by molar-refractivity contribution is 5.68. The van der Waals surface area contributed by atoms with E-state index in [0.717, 1.165) is 18.4 Å². The van der Waals surface area contributed by atoms with E-state index < -0.39 is 5.97 Å². The lowest BCUT2D eigenvalue weighted by molar-refractivity contribution is -0.137. The number of hydrogen-bond donors (Lipinski definition) is 1. The van der Waals surface area contributed by atoms with E-state index in [1.165, 1.54) is 6.33 Å². The second-order valence-corrected chi connectivity index (χ2v) is 3.71. The zero-order valence-electron chi connectivity index (χ0n) is 7.76. The number of carboxylic acids is 1. The largest absolute Gasteiger partial charge is 0.481 e. The number of hydrogen-bond acceptors (Lipinski definition) is 3. The van der Waals surface area contributed by atoms with Crippen LogP contribution in [-0.2, 0) is 4.79 Å². The summed E-state index contributed by atoms with van der Waals surface area (Å²) in [5.41, 5.74) is 0.956. The van der Waals surface area contributed by atoms with Crippen LogP contribution < -0.4 is 0 Å². The Morgan fingerprint density at radius 2 is 2.14 bits per heavy atom. The van der Waals surface area contributed by atoms with Gasteiger partial charge in [-0.2, -0.15) is 0 Å². The van der Waals surface area contributed by atoms with Crippen molar-refractivity contribution < 1.29 is 9.90 Å². The predicted octanol–water partition coefficient (Wildman–Crippen LogP) is 1.44. The Morgan fingerprint density at radius 1 is 1.50 bits per heavy atom. The topological polar surface area (TPSA) is 63.1 Å². The maximum atomic E-state index is 10.7. The standard InChI is InChI=1S/C10H12N2O2/c13-10(14)3-9(7-1-2-7)8-4-11-6-12-5-8/h4-7,9H,1-3H2,(H,13,14). The molecule has 1 aliphatic rings. The van der Waals surface area contributed by atoms with E-state index in [1.54, 1.807) is 12.4 Å². The molecule has 1 aromatic rings. The average molecular weight is 192 g/mol.